The van der Waals surface area contributed by atoms with Gasteiger partial charge in [-0.3, -0.25) is 14.5 Å². The lowest BCUT2D eigenvalue weighted by Crippen LogP contribution is -2.58. The number of aromatic amines is 1. The highest BCUT2D eigenvalue weighted by molar-refractivity contribution is 6.02. The quantitative estimate of drug-likeness (QED) is 0.870. The Morgan fingerprint density at radius 1 is 1.32 bits per heavy atom. The van der Waals surface area contributed by atoms with Crippen LogP contribution in [0, 0.1) is 6.92 Å². The van der Waals surface area contributed by atoms with Crippen LogP contribution < -0.4 is 10.1 Å². The van der Waals surface area contributed by atoms with Gasteiger partial charge in [0.2, 0.25) is 5.91 Å². The molecule has 0 saturated carbocycles. The van der Waals surface area contributed by atoms with Crippen molar-refractivity contribution in [1.29, 1.82) is 0 Å². The van der Waals surface area contributed by atoms with Gasteiger partial charge in [-0.15, -0.1) is 0 Å². The highest BCUT2D eigenvalue weighted by Crippen LogP contribution is 2.30. The second kappa shape index (κ2) is 6.76. The SMILES string of the molecule is CNC(=O)C1CN(C(=O)c2[nH]c3c(OC)cccc3c2C)CCN1C. The zero-order valence-corrected chi connectivity index (χ0v) is 15.0. The predicted octanol–water partition coefficient (Wildman–Crippen LogP) is 0.987. The fourth-order valence-corrected chi connectivity index (χ4v) is 3.38. The van der Waals surface area contributed by atoms with Crippen molar-refractivity contribution >= 4 is 22.7 Å². The molecular weight excluding hydrogens is 320 g/mol. The number of fused-ring (bicyclic) bond motifs is 1. The zero-order chi connectivity index (χ0) is 18.1. The number of nitrogens with one attached hydrogen (secondary N) is 2. The Morgan fingerprint density at radius 2 is 2.08 bits per heavy atom. The van der Waals surface area contributed by atoms with Gasteiger partial charge in [-0.1, -0.05) is 12.1 Å². The number of carbonyl (C=O) groups excluding carboxylic acids is 2. The number of rotatable bonds is 3. The molecule has 25 heavy (non-hydrogen) atoms. The first-order chi connectivity index (χ1) is 12.0. The maximum Gasteiger partial charge on any atom is 0.270 e. The predicted molar refractivity (Wildman–Crippen MR) is 96.0 cm³/mol. The minimum Gasteiger partial charge on any atom is -0.495 e. The lowest BCUT2D eigenvalue weighted by Gasteiger charge is -2.38. The second-order valence-corrected chi connectivity index (χ2v) is 6.37. The van der Waals surface area contributed by atoms with E-state index in [1.54, 1.807) is 19.1 Å². The Labute approximate surface area is 146 Å². The van der Waals surface area contributed by atoms with E-state index in [1.807, 2.05) is 37.1 Å². The number of likely N-dealkylation sites (N-methyl/N-ethyl adjacent to an activating group) is 2. The van der Waals surface area contributed by atoms with Crippen molar-refractivity contribution < 1.29 is 14.3 Å². The van der Waals surface area contributed by atoms with Crippen LogP contribution in [0.25, 0.3) is 10.9 Å². The number of aromatic nitrogens is 1. The van der Waals surface area contributed by atoms with Gasteiger partial charge >= 0.3 is 0 Å². The summed E-state index contributed by atoms with van der Waals surface area (Å²) in [4.78, 5) is 32.1. The van der Waals surface area contributed by atoms with Crippen molar-refractivity contribution in [2.45, 2.75) is 13.0 Å². The molecule has 1 aliphatic rings. The average molecular weight is 344 g/mol. The Bertz CT molecular complexity index is 814. The number of piperazine rings is 1. The molecular formula is C18H24N4O3. The van der Waals surface area contributed by atoms with Crippen LogP contribution in [-0.2, 0) is 4.79 Å². The average Bonchev–Trinajstić information content (AvgIpc) is 2.97. The standard InChI is InChI=1S/C18H24N4O3/c1-11-12-6-5-7-14(25-4)16(12)20-15(11)18(24)22-9-8-21(3)13(10-22)17(23)19-2/h5-7,13,20H,8-10H2,1-4H3,(H,19,23). The number of H-pyrrole nitrogens is 1. The van der Waals surface area contributed by atoms with Crippen LogP contribution in [0.2, 0.25) is 0 Å². The number of nitrogens with zero attached hydrogens (tertiary/aromatic N) is 2. The molecule has 1 aliphatic heterocycles. The van der Waals surface area contributed by atoms with Gasteiger partial charge in [0.1, 0.15) is 17.5 Å². The number of aryl methyl sites for hydroxylation is 1. The molecule has 1 fully saturated rings. The highest BCUT2D eigenvalue weighted by atomic mass is 16.5. The van der Waals surface area contributed by atoms with Gasteiger partial charge in [-0.25, -0.2) is 0 Å². The van der Waals surface area contributed by atoms with E-state index >= 15 is 0 Å². The highest BCUT2D eigenvalue weighted by Gasteiger charge is 2.33. The van der Waals surface area contributed by atoms with Gasteiger partial charge in [0, 0.05) is 32.1 Å². The van der Waals surface area contributed by atoms with Crippen LogP contribution in [0.15, 0.2) is 18.2 Å². The summed E-state index contributed by atoms with van der Waals surface area (Å²) in [5, 5.41) is 3.64. The molecule has 1 unspecified atom stereocenters. The molecule has 134 valence electrons. The molecule has 1 aromatic heterocycles. The number of ether oxygens (including phenoxy) is 1. The summed E-state index contributed by atoms with van der Waals surface area (Å²) in [6.45, 7) is 3.56. The van der Waals surface area contributed by atoms with E-state index in [9.17, 15) is 9.59 Å². The molecule has 2 amide bonds. The molecule has 1 saturated heterocycles. The minimum absolute atomic E-state index is 0.0740. The van der Waals surface area contributed by atoms with Gasteiger partial charge in [0.15, 0.2) is 0 Å². The third-order valence-electron chi connectivity index (χ3n) is 4.97. The molecule has 2 N–H and O–H groups in total. The Morgan fingerprint density at radius 3 is 2.76 bits per heavy atom. The first kappa shape index (κ1) is 17.3. The molecule has 0 aliphatic carbocycles. The molecule has 7 heteroatoms. The molecule has 7 nitrogen and oxygen atoms in total. The monoisotopic (exact) mass is 344 g/mol. The molecule has 0 spiro atoms. The van der Waals surface area contributed by atoms with E-state index in [4.69, 9.17) is 4.74 Å². The number of hydrogen-bond donors (Lipinski definition) is 2. The van der Waals surface area contributed by atoms with E-state index in [0.717, 1.165) is 16.5 Å². The molecule has 2 aromatic rings. The first-order valence-corrected chi connectivity index (χ1v) is 8.34. The first-order valence-electron chi connectivity index (χ1n) is 8.34. The van der Waals surface area contributed by atoms with Crippen LogP contribution in [0.5, 0.6) is 5.75 Å². The van der Waals surface area contributed by atoms with Crippen molar-refractivity contribution in [3.8, 4) is 5.75 Å². The molecule has 1 aromatic carbocycles. The summed E-state index contributed by atoms with van der Waals surface area (Å²) in [5.41, 5.74) is 2.27. The molecule has 0 bridgehead atoms. The van der Waals surface area contributed by atoms with Gasteiger partial charge in [-0.2, -0.15) is 0 Å². The van der Waals surface area contributed by atoms with E-state index in [1.165, 1.54) is 0 Å². The number of carbonyl (C=O) groups is 2. The van der Waals surface area contributed by atoms with Crippen molar-refractivity contribution in [2.75, 3.05) is 40.8 Å². The largest absolute Gasteiger partial charge is 0.495 e. The number of benzene rings is 1. The second-order valence-electron chi connectivity index (χ2n) is 6.37. The fourth-order valence-electron chi connectivity index (χ4n) is 3.38. The van der Waals surface area contributed by atoms with Gasteiger partial charge in [0.25, 0.3) is 5.91 Å². The Hall–Kier alpha value is -2.54. The molecule has 3 rings (SSSR count). The van der Waals surface area contributed by atoms with E-state index in [-0.39, 0.29) is 17.9 Å². The van der Waals surface area contributed by atoms with Crippen LogP contribution in [0.3, 0.4) is 0 Å². The smallest absolute Gasteiger partial charge is 0.270 e. The third kappa shape index (κ3) is 2.95. The zero-order valence-electron chi connectivity index (χ0n) is 15.0. The Kier molecular flexibility index (Phi) is 4.67. The molecule has 0 radical (unpaired) electrons. The van der Waals surface area contributed by atoms with E-state index in [2.05, 4.69) is 10.3 Å². The lowest BCUT2D eigenvalue weighted by molar-refractivity contribution is -0.127. The molecule has 2 heterocycles. The summed E-state index contributed by atoms with van der Waals surface area (Å²) in [6, 6.07) is 5.41. The summed E-state index contributed by atoms with van der Waals surface area (Å²) >= 11 is 0. The van der Waals surface area contributed by atoms with Gasteiger partial charge < -0.3 is 19.9 Å². The summed E-state index contributed by atoms with van der Waals surface area (Å²) in [6.07, 6.45) is 0. The van der Waals surface area contributed by atoms with Crippen LogP contribution in [-0.4, -0.2) is 73.5 Å². The summed E-state index contributed by atoms with van der Waals surface area (Å²) in [7, 11) is 5.13. The van der Waals surface area contributed by atoms with Crippen LogP contribution in [0.1, 0.15) is 16.1 Å². The fraction of sp³-hybridized carbons (Fsp3) is 0.444. The lowest BCUT2D eigenvalue weighted by atomic mass is 10.1. The summed E-state index contributed by atoms with van der Waals surface area (Å²) in [5.74, 6) is 0.550. The molecule has 1 atom stereocenters. The normalized spacial score (nSPS) is 18.4. The minimum atomic E-state index is -0.332. The van der Waals surface area contributed by atoms with Gasteiger partial charge in [-0.05, 0) is 25.6 Å². The van der Waals surface area contributed by atoms with Crippen molar-refractivity contribution in [2.24, 2.45) is 0 Å². The topological polar surface area (TPSA) is 77.7 Å². The maximum atomic E-state index is 13.1. The van der Waals surface area contributed by atoms with E-state index in [0.29, 0.717) is 31.1 Å². The maximum absolute atomic E-state index is 13.1. The number of hydrogen-bond acceptors (Lipinski definition) is 4. The van der Waals surface area contributed by atoms with Crippen LogP contribution in [0.4, 0.5) is 0 Å². The van der Waals surface area contributed by atoms with Crippen molar-refractivity contribution in [1.82, 2.24) is 20.1 Å². The number of methoxy groups -OCH3 is 1. The van der Waals surface area contributed by atoms with Crippen molar-refractivity contribution in [3.63, 3.8) is 0 Å². The number of para-hydroxylation sites is 1. The summed E-state index contributed by atoms with van der Waals surface area (Å²) < 4.78 is 5.38. The number of amides is 2. The van der Waals surface area contributed by atoms with Crippen molar-refractivity contribution in [3.05, 3.63) is 29.5 Å². The third-order valence-corrected chi connectivity index (χ3v) is 4.97. The van der Waals surface area contributed by atoms with Gasteiger partial charge in [0.05, 0.1) is 12.6 Å². The van der Waals surface area contributed by atoms with Crippen LogP contribution >= 0.6 is 0 Å². The Balaban J connectivity index is 1.92. The van der Waals surface area contributed by atoms with E-state index < -0.39 is 0 Å².